The highest BCUT2D eigenvalue weighted by molar-refractivity contribution is 8.15. The molecule has 2 rings (SSSR count). The van der Waals surface area contributed by atoms with E-state index in [4.69, 9.17) is 0 Å². The normalized spacial score (nSPS) is 17.3. The molecule has 1 aliphatic rings. The Kier molecular flexibility index (Phi) is 3.19. The number of amidine groups is 1. The Morgan fingerprint density at radius 2 is 2.12 bits per heavy atom. The third kappa shape index (κ3) is 2.68. The molecule has 1 aliphatic heterocycles. The third-order valence-corrected chi connectivity index (χ3v) is 2.83. The van der Waals surface area contributed by atoms with Crippen LogP contribution in [0.15, 0.2) is 23.2 Å². The van der Waals surface area contributed by atoms with Crippen molar-refractivity contribution in [3.05, 3.63) is 35.4 Å². The predicted octanol–water partition coefficient (Wildman–Crippen LogP) is 1.32. The molecule has 1 saturated heterocycles. The Labute approximate surface area is 99.1 Å². The molecule has 1 N–H and O–H groups in total. The summed E-state index contributed by atoms with van der Waals surface area (Å²) in [4.78, 5) is 26.0. The molecule has 0 radical (unpaired) electrons. The number of carbonyl (C=O) groups excluding carboxylic acids is 2. The van der Waals surface area contributed by atoms with Gasteiger partial charge in [-0.05, 0) is 18.2 Å². The number of carbonyl (C=O) groups is 2. The second-order valence-corrected chi connectivity index (χ2v) is 4.15. The summed E-state index contributed by atoms with van der Waals surface area (Å²) in [5.41, 5.74) is -0.0712. The molecular formula is C10H6F2N2O2S. The molecule has 4 nitrogen and oxygen atoms in total. The van der Waals surface area contributed by atoms with E-state index < -0.39 is 17.5 Å². The first kappa shape index (κ1) is 11.7. The zero-order valence-corrected chi connectivity index (χ0v) is 9.18. The topological polar surface area (TPSA) is 58.5 Å². The van der Waals surface area contributed by atoms with Crippen LogP contribution in [0.5, 0.6) is 0 Å². The average Bonchev–Trinajstić information content (AvgIpc) is 2.68. The molecule has 1 fully saturated rings. The van der Waals surface area contributed by atoms with E-state index in [9.17, 15) is 18.4 Å². The van der Waals surface area contributed by atoms with Crippen molar-refractivity contribution in [2.24, 2.45) is 4.99 Å². The molecular weight excluding hydrogens is 250 g/mol. The minimum Gasteiger partial charge on any atom is -0.304 e. The number of hydrogen-bond donors (Lipinski definition) is 1. The van der Waals surface area contributed by atoms with Gasteiger partial charge in [-0.15, -0.1) is 0 Å². The minimum atomic E-state index is -1.11. The number of thioether (sulfide) groups is 1. The predicted molar refractivity (Wildman–Crippen MR) is 58.7 cm³/mol. The molecule has 1 aromatic rings. The van der Waals surface area contributed by atoms with Gasteiger partial charge >= 0.3 is 0 Å². The summed E-state index contributed by atoms with van der Waals surface area (Å²) in [5.74, 6) is -2.92. The highest BCUT2D eigenvalue weighted by Crippen LogP contribution is 2.13. The fourth-order valence-corrected chi connectivity index (χ4v) is 1.84. The number of rotatable bonds is 1. The summed E-state index contributed by atoms with van der Waals surface area (Å²) in [6.07, 6.45) is 0. The first-order chi connectivity index (χ1) is 8.06. The number of nitrogens with one attached hydrogen (secondary N) is 1. The Bertz CT molecular complexity index is 531. The van der Waals surface area contributed by atoms with Crippen LogP contribution in [-0.2, 0) is 4.79 Å². The quantitative estimate of drug-likeness (QED) is 0.824. The van der Waals surface area contributed by atoms with E-state index in [0.29, 0.717) is 0 Å². The molecule has 2 amide bonds. The number of halogens is 2. The molecule has 0 unspecified atom stereocenters. The van der Waals surface area contributed by atoms with Gasteiger partial charge in [0, 0.05) is 5.56 Å². The van der Waals surface area contributed by atoms with Gasteiger partial charge in [0.2, 0.25) is 5.91 Å². The van der Waals surface area contributed by atoms with Crippen molar-refractivity contribution in [2.75, 3.05) is 5.75 Å². The van der Waals surface area contributed by atoms with Crippen LogP contribution in [0.2, 0.25) is 0 Å². The van der Waals surface area contributed by atoms with Crippen molar-refractivity contribution in [3.8, 4) is 0 Å². The second kappa shape index (κ2) is 4.62. The summed E-state index contributed by atoms with van der Waals surface area (Å²) >= 11 is 1.08. The standard InChI is InChI=1S/C10H6F2N2O2S/c11-6-2-1-5(3-7(6)12)9(16)14-10-13-8(15)4-17-10/h1-3H,4H2,(H,13,14,15,16). The van der Waals surface area contributed by atoms with Crippen LogP contribution >= 0.6 is 11.8 Å². The highest BCUT2D eigenvalue weighted by Gasteiger charge is 2.18. The van der Waals surface area contributed by atoms with Gasteiger partial charge in [0.15, 0.2) is 16.8 Å². The maximum absolute atomic E-state index is 12.9. The molecule has 1 aromatic carbocycles. The first-order valence-electron chi connectivity index (χ1n) is 4.57. The lowest BCUT2D eigenvalue weighted by Gasteiger charge is -1.98. The number of amides is 2. The van der Waals surface area contributed by atoms with E-state index in [2.05, 4.69) is 10.3 Å². The summed E-state index contributed by atoms with van der Waals surface area (Å²) in [6.45, 7) is 0. The number of hydrogen-bond acceptors (Lipinski definition) is 3. The number of benzene rings is 1. The fourth-order valence-electron chi connectivity index (χ4n) is 1.17. The van der Waals surface area contributed by atoms with E-state index >= 15 is 0 Å². The maximum atomic E-state index is 12.9. The zero-order valence-electron chi connectivity index (χ0n) is 8.37. The van der Waals surface area contributed by atoms with E-state index in [1.165, 1.54) is 0 Å². The van der Waals surface area contributed by atoms with Crippen molar-refractivity contribution in [1.29, 1.82) is 0 Å². The van der Waals surface area contributed by atoms with Gasteiger partial charge in [-0.3, -0.25) is 9.59 Å². The van der Waals surface area contributed by atoms with E-state index in [1.807, 2.05) is 0 Å². The lowest BCUT2D eigenvalue weighted by atomic mass is 10.2. The smallest absolute Gasteiger partial charge is 0.279 e. The fraction of sp³-hybridized carbons (Fsp3) is 0.100. The molecule has 88 valence electrons. The monoisotopic (exact) mass is 256 g/mol. The molecule has 0 spiro atoms. The van der Waals surface area contributed by atoms with Crippen molar-refractivity contribution in [2.45, 2.75) is 0 Å². The summed E-state index contributed by atoms with van der Waals surface area (Å²) < 4.78 is 25.5. The molecule has 0 atom stereocenters. The Balaban J connectivity index is 2.20. The Morgan fingerprint density at radius 1 is 1.35 bits per heavy atom. The molecule has 7 heteroatoms. The van der Waals surface area contributed by atoms with Gasteiger partial charge in [-0.2, -0.15) is 4.99 Å². The third-order valence-electron chi connectivity index (χ3n) is 1.96. The van der Waals surface area contributed by atoms with Gasteiger partial charge in [0.25, 0.3) is 5.91 Å². The van der Waals surface area contributed by atoms with Crippen molar-refractivity contribution < 1.29 is 18.4 Å². The molecule has 1 heterocycles. The maximum Gasteiger partial charge on any atom is 0.279 e. The number of nitrogens with zero attached hydrogens (tertiary/aromatic N) is 1. The van der Waals surface area contributed by atoms with Crippen molar-refractivity contribution in [3.63, 3.8) is 0 Å². The Morgan fingerprint density at radius 3 is 2.71 bits per heavy atom. The molecule has 17 heavy (non-hydrogen) atoms. The largest absolute Gasteiger partial charge is 0.304 e. The van der Waals surface area contributed by atoms with E-state index in [0.717, 1.165) is 30.0 Å². The van der Waals surface area contributed by atoms with E-state index in [1.54, 1.807) is 0 Å². The second-order valence-electron chi connectivity index (χ2n) is 3.19. The van der Waals surface area contributed by atoms with Gasteiger partial charge in [-0.25, -0.2) is 8.78 Å². The van der Waals surface area contributed by atoms with Crippen LogP contribution in [-0.4, -0.2) is 22.7 Å². The summed E-state index contributed by atoms with van der Waals surface area (Å²) in [5, 5.41) is 2.54. The highest BCUT2D eigenvalue weighted by atomic mass is 32.2. The van der Waals surface area contributed by atoms with Crippen LogP contribution in [0.1, 0.15) is 10.4 Å². The van der Waals surface area contributed by atoms with Gasteiger partial charge in [0.05, 0.1) is 5.75 Å². The molecule has 0 aliphatic carbocycles. The van der Waals surface area contributed by atoms with Gasteiger partial charge < -0.3 is 5.32 Å². The SMILES string of the molecule is O=C1CSC(=NC(=O)c2ccc(F)c(F)c2)N1. The van der Waals surface area contributed by atoms with Gasteiger partial charge in [0.1, 0.15) is 0 Å². The molecule has 0 aromatic heterocycles. The van der Waals surface area contributed by atoms with Crippen LogP contribution in [0.4, 0.5) is 8.78 Å². The average molecular weight is 256 g/mol. The van der Waals surface area contributed by atoms with E-state index in [-0.39, 0.29) is 22.4 Å². The van der Waals surface area contributed by atoms with Gasteiger partial charge in [-0.1, -0.05) is 11.8 Å². The van der Waals surface area contributed by atoms with Crippen molar-refractivity contribution >= 4 is 28.7 Å². The zero-order chi connectivity index (χ0) is 12.4. The number of aliphatic imine (C=N–C) groups is 1. The molecule has 0 saturated carbocycles. The lowest BCUT2D eigenvalue weighted by molar-refractivity contribution is -0.116. The van der Waals surface area contributed by atoms with Crippen LogP contribution < -0.4 is 5.32 Å². The lowest BCUT2D eigenvalue weighted by Crippen LogP contribution is -2.21. The molecule has 0 bridgehead atoms. The minimum absolute atomic E-state index is 0.0712. The first-order valence-corrected chi connectivity index (χ1v) is 5.55. The Hall–Kier alpha value is -1.76. The summed E-state index contributed by atoms with van der Waals surface area (Å²) in [7, 11) is 0. The summed E-state index contributed by atoms with van der Waals surface area (Å²) in [6, 6.07) is 2.75. The van der Waals surface area contributed by atoms with Crippen LogP contribution in [0.25, 0.3) is 0 Å². The van der Waals surface area contributed by atoms with Crippen LogP contribution in [0.3, 0.4) is 0 Å². The van der Waals surface area contributed by atoms with Crippen LogP contribution in [0, 0.1) is 11.6 Å². The van der Waals surface area contributed by atoms with Crippen molar-refractivity contribution in [1.82, 2.24) is 5.32 Å².